The molecule has 2 heterocycles. The number of aromatic nitrogens is 3. The standard InChI is InChI=1S/C18H22N4O2/c23-18(8-14-4-2-1-3-5-14)21-10-17(11-21)22-9-16(19-20-22)13-24-12-15-6-7-15/h1-5,9,15,17H,6-8,10-13H2. The summed E-state index contributed by atoms with van der Waals surface area (Å²) in [6.45, 7) is 2.77. The molecule has 0 spiro atoms. The highest BCUT2D eigenvalue weighted by molar-refractivity contribution is 5.79. The number of hydrogen-bond acceptors (Lipinski definition) is 4. The van der Waals surface area contributed by atoms with Crippen LogP contribution in [0.15, 0.2) is 36.5 Å². The zero-order valence-corrected chi connectivity index (χ0v) is 13.7. The number of hydrogen-bond donors (Lipinski definition) is 0. The molecule has 1 saturated heterocycles. The van der Waals surface area contributed by atoms with E-state index in [0.29, 0.717) is 26.1 Å². The summed E-state index contributed by atoms with van der Waals surface area (Å²) in [5.74, 6) is 0.932. The van der Waals surface area contributed by atoms with E-state index in [1.807, 2.05) is 46.1 Å². The molecule has 0 N–H and O–H groups in total. The molecular formula is C18H22N4O2. The number of nitrogens with zero attached hydrogens (tertiary/aromatic N) is 4. The third-order valence-corrected chi connectivity index (χ3v) is 4.65. The Bertz CT molecular complexity index is 690. The normalized spacial score (nSPS) is 17.8. The van der Waals surface area contributed by atoms with Crippen LogP contribution in [-0.2, 0) is 22.6 Å². The molecule has 2 fully saturated rings. The topological polar surface area (TPSA) is 60.2 Å². The second-order valence-electron chi connectivity index (χ2n) is 6.76. The first-order valence-corrected chi connectivity index (χ1v) is 8.58. The highest BCUT2D eigenvalue weighted by atomic mass is 16.5. The molecule has 1 aromatic heterocycles. The Morgan fingerprint density at radius 3 is 2.75 bits per heavy atom. The number of amides is 1. The van der Waals surface area contributed by atoms with Gasteiger partial charge in [-0.25, -0.2) is 4.68 Å². The average Bonchev–Trinajstić information content (AvgIpc) is 3.25. The highest BCUT2D eigenvalue weighted by Crippen LogP contribution is 2.29. The van der Waals surface area contributed by atoms with Crippen molar-refractivity contribution in [1.82, 2.24) is 19.9 Å². The molecule has 2 aliphatic rings. The molecule has 24 heavy (non-hydrogen) atoms. The van der Waals surface area contributed by atoms with Gasteiger partial charge in [0, 0.05) is 19.7 Å². The highest BCUT2D eigenvalue weighted by Gasteiger charge is 2.32. The van der Waals surface area contributed by atoms with Crippen LogP contribution < -0.4 is 0 Å². The van der Waals surface area contributed by atoms with Crippen molar-refractivity contribution in [2.24, 2.45) is 5.92 Å². The molecule has 0 bridgehead atoms. The maximum absolute atomic E-state index is 12.2. The van der Waals surface area contributed by atoms with E-state index in [0.717, 1.165) is 23.8 Å². The Morgan fingerprint density at radius 1 is 1.21 bits per heavy atom. The lowest BCUT2D eigenvalue weighted by Gasteiger charge is -2.39. The fourth-order valence-corrected chi connectivity index (χ4v) is 2.88. The van der Waals surface area contributed by atoms with Gasteiger partial charge in [-0.3, -0.25) is 4.79 Å². The van der Waals surface area contributed by atoms with Gasteiger partial charge in [0.15, 0.2) is 0 Å². The molecule has 2 aromatic rings. The molecule has 1 saturated carbocycles. The van der Waals surface area contributed by atoms with Crippen molar-refractivity contribution in [2.75, 3.05) is 19.7 Å². The van der Waals surface area contributed by atoms with E-state index in [-0.39, 0.29) is 11.9 Å². The van der Waals surface area contributed by atoms with E-state index < -0.39 is 0 Å². The van der Waals surface area contributed by atoms with Gasteiger partial charge in [0.1, 0.15) is 5.69 Å². The van der Waals surface area contributed by atoms with Crippen molar-refractivity contribution in [1.29, 1.82) is 0 Å². The molecule has 1 aromatic carbocycles. The Kier molecular flexibility index (Phi) is 4.30. The Hall–Kier alpha value is -2.21. The number of carbonyl (C=O) groups excluding carboxylic acids is 1. The summed E-state index contributed by atoms with van der Waals surface area (Å²) < 4.78 is 7.50. The predicted octanol–water partition coefficient (Wildman–Crippen LogP) is 1.83. The SMILES string of the molecule is O=C(Cc1ccccc1)N1CC(n2cc(COCC3CC3)nn2)C1. The van der Waals surface area contributed by atoms with E-state index in [9.17, 15) is 4.79 Å². The van der Waals surface area contributed by atoms with Gasteiger partial charge in [-0.05, 0) is 24.3 Å². The number of likely N-dealkylation sites (tertiary alicyclic amines) is 1. The van der Waals surface area contributed by atoms with E-state index in [1.165, 1.54) is 12.8 Å². The minimum Gasteiger partial charge on any atom is -0.375 e. The number of benzene rings is 1. The minimum absolute atomic E-state index is 0.172. The summed E-state index contributed by atoms with van der Waals surface area (Å²) in [7, 11) is 0. The molecule has 0 radical (unpaired) electrons. The van der Waals surface area contributed by atoms with E-state index in [4.69, 9.17) is 4.74 Å². The van der Waals surface area contributed by atoms with Crippen LogP contribution >= 0.6 is 0 Å². The molecular weight excluding hydrogens is 304 g/mol. The monoisotopic (exact) mass is 326 g/mol. The first-order valence-electron chi connectivity index (χ1n) is 8.58. The van der Waals surface area contributed by atoms with Crippen LogP contribution in [0.5, 0.6) is 0 Å². The summed E-state index contributed by atoms with van der Waals surface area (Å²) in [5, 5.41) is 8.34. The lowest BCUT2D eigenvalue weighted by Crippen LogP contribution is -2.51. The van der Waals surface area contributed by atoms with Gasteiger partial charge in [0.05, 0.1) is 25.3 Å². The number of rotatable bonds is 7. The maximum atomic E-state index is 12.2. The molecule has 1 aliphatic carbocycles. The quantitative estimate of drug-likeness (QED) is 0.779. The summed E-state index contributed by atoms with van der Waals surface area (Å²) >= 11 is 0. The second-order valence-corrected chi connectivity index (χ2v) is 6.76. The van der Waals surface area contributed by atoms with Gasteiger partial charge in [0.25, 0.3) is 0 Å². The smallest absolute Gasteiger partial charge is 0.227 e. The fourth-order valence-electron chi connectivity index (χ4n) is 2.88. The predicted molar refractivity (Wildman–Crippen MR) is 88.2 cm³/mol. The zero-order chi connectivity index (χ0) is 16.4. The van der Waals surface area contributed by atoms with Crippen molar-refractivity contribution in [3.05, 3.63) is 47.8 Å². The maximum Gasteiger partial charge on any atom is 0.227 e. The van der Waals surface area contributed by atoms with Gasteiger partial charge in [-0.1, -0.05) is 35.5 Å². The summed E-state index contributed by atoms with van der Waals surface area (Å²) in [6.07, 6.45) is 4.99. The Balaban J connectivity index is 1.23. The van der Waals surface area contributed by atoms with Gasteiger partial charge in [-0.2, -0.15) is 0 Å². The molecule has 126 valence electrons. The largest absolute Gasteiger partial charge is 0.375 e. The molecule has 4 rings (SSSR count). The molecule has 6 heteroatoms. The van der Waals surface area contributed by atoms with Crippen LogP contribution in [0.2, 0.25) is 0 Å². The van der Waals surface area contributed by atoms with Crippen molar-refractivity contribution in [3.8, 4) is 0 Å². The molecule has 6 nitrogen and oxygen atoms in total. The third kappa shape index (κ3) is 3.64. The van der Waals surface area contributed by atoms with E-state index in [1.54, 1.807) is 0 Å². The molecule has 0 atom stereocenters. The first-order chi connectivity index (χ1) is 11.8. The minimum atomic E-state index is 0.172. The molecule has 1 aliphatic heterocycles. The van der Waals surface area contributed by atoms with Crippen LogP contribution in [0, 0.1) is 5.92 Å². The van der Waals surface area contributed by atoms with Crippen molar-refractivity contribution in [2.45, 2.75) is 31.9 Å². The second kappa shape index (κ2) is 6.73. The summed E-state index contributed by atoms with van der Waals surface area (Å²) in [4.78, 5) is 14.1. The molecule has 1 amide bonds. The van der Waals surface area contributed by atoms with Gasteiger partial charge >= 0.3 is 0 Å². The average molecular weight is 326 g/mol. The molecule has 0 unspecified atom stereocenters. The third-order valence-electron chi connectivity index (χ3n) is 4.65. The van der Waals surface area contributed by atoms with Gasteiger partial charge < -0.3 is 9.64 Å². The summed E-state index contributed by atoms with van der Waals surface area (Å²) in [5.41, 5.74) is 1.92. The zero-order valence-electron chi connectivity index (χ0n) is 13.7. The van der Waals surface area contributed by atoms with E-state index in [2.05, 4.69) is 10.3 Å². The Labute approximate surface area is 141 Å². The summed E-state index contributed by atoms with van der Waals surface area (Å²) in [6, 6.07) is 10.1. The fraction of sp³-hybridized carbons (Fsp3) is 0.500. The van der Waals surface area contributed by atoms with Crippen LogP contribution in [0.1, 0.15) is 30.1 Å². The van der Waals surface area contributed by atoms with Crippen LogP contribution in [0.4, 0.5) is 0 Å². The van der Waals surface area contributed by atoms with Crippen LogP contribution in [0.3, 0.4) is 0 Å². The Morgan fingerprint density at radius 2 is 2.00 bits per heavy atom. The van der Waals surface area contributed by atoms with Gasteiger partial charge in [0.2, 0.25) is 5.91 Å². The first kappa shape index (κ1) is 15.3. The van der Waals surface area contributed by atoms with Crippen LogP contribution in [0.25, 0.3) is 0 Å². The lowest BCUT2D eigenvalue weighted by atomic mass is 10.1. The van der Waals surface area contributed by atoms with Gasteiger partial charge in [-0.15, -0.1) is 5.10 Å². The van der Waals surface area contributed by atoms with E-state index >= 15 is 0 Å². The van der Waals surface area contributed by atoms with Crippen molar-refractivity contribution < 1.29 is 9.53 Å². The number of carbonyl (C=O) groups is 1. The van der Waals surface area contributed by atoms with Crippen LogP contribution in [-0.4, -0.2) is 45.5 Å². The number of ether oxygens (including phenoxy) is 1. The van der Waals surface area contributed by atoms with Crippen molar-refractivity contribution in [3.63, 3.8) is 0 Å². The van der Waals surface area contributed by atoms with Crippen molar-refractivity contribution >= 4 is 5.91 Å². The lowest BCUT2D eigenvalue weighted by molar-refractivity contribution is -0.136.